The Labute approximate surface area is 215 Å². The molecular formula is C26H32ClN5O4. The molecule has 0 radical (unpaired) electrons. The van der Waals surface area contributed by atoms with Gasteiger partial charge in [0, 0.05) is 21.7 Å². The summed E-state index contributed by atoms with van der Waals surface area (Å²) in [5.41, 5.74) is 7.13. The van der Waals surface area contributed by atoms with Crippen LogP contribution < -0.4 is 16.4 Å². The van der Waals surface area contributed by atoms with E-state index in [1.165, 1.54) is 0 Å². The molecule has 3 aromatic rings. The summed E-state index contributed by atoms with van der Waals surface area (Å²) in [5, 5.41) is 6.70. The molecular weight excluding hydrogens is 482 g/mol. The molecule has 0 aliphatic heterocycles. The zero-order chi connectivity index (χ0) is 26.7. The Bertz CT molecular complexity index is 1270. The minimum Gasteiger partial charge on any atom is -0.444 e. The number of carbonyl (C=O) groups is 2. The van der Waals surface area contributed by atoms with Crippen molar-refractivity contribution in [2.75, 3.05) is 17.7 Å². The van der Waals surface area contributed by atoms with Gasteiger partial charge in [-0.25, -0.2) is 14.8 Å². The molecule has 0 saturated carbocycles. The Morgan fingerprint density at radius 2 is 1.75 bits per heavy atom. The molecule has 1 heterocycles. The third kappa shape index (κ3) is 7.79. The first-order valence-corrected chi connectivity index (χ1v) is 11.9. The molecule has 192 valence electrons. The summed E-state index contributed by atoms with van der Waals surface area (Å²) < 4.78 is 11.1. The van der Waals surface area contributed by atoms with Crippen LogP contribution in [-0.2, 0) is 14.3 Å². The molecule has 4 N–H and O–H groups in total. The van der Waals surface area contributed by atoms with Crippen LogP contribution in [0, 0.1) is 0 Å². The number of anilines is 2. The van der Waals surface area contributed by atoms with Gasteiger partial charge in [0.25, 0.3) is 0 Å². The number of ether oxygens (including phenoxy) is 2. The number of aromatic nitrogens is 2. The molecule has 3 rings (SSSR count). The normalized spacial score (nSPS) is 12.8. The van der Waals surface area contributed by atoms with Gasteiger partial charge in [0.2, 0.25) is 11.9 Å². The predicted molar refractivity (Wildman–Crippen MR) is 142 cm³/mol. The Kier molecular flexibility index (Phi) is 8.05. The van der Waals surface area contributed by atoms with Crippen molar-refractivity contribution in [1.82, 2.24) is 15.3 Å². The molecule has 1 unspecified atom stereocenters. The van der Waals surface area contributed by atoms with Gasteiger partial charge in [0.1, 0.15) is 11.6 Å². The number of halogens is 1. The molecule has 2 aromatic carbocycles. The zero-order valence-electron chi connectivity index (χ0n) is 21.3. The number of rotatable bonds is 6. The third-order valence-electron chi connectivity index (χ3n) is 4.77. The van der Waals surface area contributed by atoms with Crippen LogP contribution in [0.2, 0.25) is 5.02 Å². The molecule has 36 heavy (non-hydrogen) atoms. The molecule has 0 bridgehead atoms. The fraction of sp³-hybridized carbons (Fsp3) is 0.385. The van der Waals surface area contributed by atoms with E-state index >= 15 is 0 Å². The van der Waals surface area contributed by atoms with Crippen LogP contribution in [0.5, 0.6) is 0 Å². The van der Waals surface area contributed by atoms with Gasteiger partial charge in [-0.1, -0.05) is 23.7 Å². The van der Waals surface area contributed by atoms with Crippen LogP contribution in [0.4, 0.5) is 16.4 Å². The van der Waals surface area contributed by atoms with E-state index in [4.69, 9.17) is 26.8 Å². The number of carbonyl (C=O) groups excluding carboxylic acids is 2. The summed E-state index contributed by atoms with van der Waals surface area (Å²) >= 11 is 6.20. The molecule has 0 saturated heterocycles. The van der Waals surface area contributed by atoms with Gasteiger partial charge in [-0.2, -0.15) is 0 Å². The molecule has 1 atom stereocenters. The van der Waals surface area contributed by atoms with E-state index in [0.717, 1.165) is 5.39 Å². The van der Waals surface area contributed by atoms with E-state index in [-0.39, 0.29) is 12.6 Å². The first-order chi connectivity index (χ1) is 16.7. The molecule has 9 nitrogen and oxygen atoms in total. The standard InChI is InChI=1S/C26H32ClN5O4/c1-25(2,3)35-14-20(31-24(34)36-26(4,5)6)22(33)29-17-9-7-8-15(12-17)21-18-13-16(27)10-11-19(18)30-23(28)32-21/h7-13,20H,14H2,1-6H3,(H,29,33)(H,31,34)(H2,28,30,32). The van der Waals surface area contributed by atoms with Crippen molar-refractivity contribution >= 4 is 46.1 Å². The van der Waals surface area contributed by atoms with Crippen molar-refractivity contribution < 1.29 is 19.1 Å². The number of alkyl carbamates (subject to hydrolysis) is 1. The van der Waals surface area contributed by atoms with Gasteiger partial charge >= 0.3 is 6.09 Å². The third-order valence-corrected chi connectivity index (χ3v) is 5.00. The first kappa shape index (κ1) is 27.2. The monoisotopic (exact) mass is 513 g/mol. The number of hydrogen-bond acceptors (Lipinski definition) is 7. The second kappa shape index (κ2) is 10.7. The molecule has 0 fully saturated rings. The summed E-state index contributed by atoms with van der Waals surface area (Å²) in [6.07, 6.45) is -0.714. The maximum Gasteiger partial charge on any atom is 0.408 e. The fourth-order valence-electron chi connectivity index (χ4n) is 3.28. The van der Waals surface area contributed by atoms with Gasteiger partial charge in [-0.05, 0) is 71.9 Å². The second-order valence-electron chi connectivity index (χ2n) is 10.3. The van der Waals surface area contributed by atoms with E-state index in [1.54, 1.807) is 57.2 Å². The van der Waals surface area contributed by atoms with Gasteiger partial charge in [0.15, 0.2) is 0 Å². The van der Waals surface area contributed by atoms with Crippen LogP contribution in [0.3, 0.4) is 0 Å². The van der Waals surface area contributed by atoms with E-state index in [2.05, 4.69) is 20.6 Å². The van der Waals surface area contributed by atoms with Gasteiger partial charge in [-0.3, -0.25) is 4.79 Å². The van der Waals surface area contributed by atoms with E-state index in [1.807, 2.05) is 26.8 Å². The SMILES string of the molecule is CC(C)(C)OCC(NC(=O)OC(C)(C)C)C(=O)Nc1cccc(-c2nc(N)nc3ccc(Cl)cc23)c1. The van der Waals surface area contributed by atoms with E-state index in [0.29, 0.717) is 27.5 Å². The highest BCUT2D eigenvalue weighted by Gasteiger charge is 2.27. The van der Waals surface area contributed by atoms with Gasteiger partial charge < -0.3 is 25.8 Å². The quantitative estimate of drug-likeness (QED) is 0.414. The van der Waals surface area contributed by atoms with Crippen LogP contribution >= 0.6 is 11.6 Å². The van der Waals surface area contributed by atoms with Crippen LogP contribution in [0.15, 0.2) is 42.5 Å². The number of nitrogen functional groups attached to an aromatic ring is 1. The van der Waals surface area contributed by atoms with Crippen molar-refractivity contribution in [2.45, 2.75) is 58.8 Å². The molecule has 1 aromatic heterocycles. The predicted octanol–water partition coefficient (Wildman–Crippen LogP) is 5.18. The Balaban J connectivity index is 1.86. The number of nitrogens with two attached hydrogens (primary N) is 1. The van der Waals surface area contributed by atoms with Crippen molar-refractivity contribution in [1.29, 1.82) is 0 Å². The smallest absolute Gasteiger partial charge is 0.408 e. The summed E-state index contributed by atoms with van der Waals surface area (Å²) in [7, 11) is 0. The van der Waals surface area contributed by atoms with Crippen molar-refractivity contribution in [3.05, 3.63) is 47.5 Å². The molecule has 2 amide bonds. The number of benzene rings is 2. The lowest BCUT2D eigenvalue weighted by Gasteiger charge is -2.26. The Morgan fingerprint density at radius 1 is 1.03 bits per heavy atom. The van der Waals surface area contributed by atoms with E-state index in [9.17, 15) is 9.59 Å². The number of amides is 2. The fourth-order valence-corrected chi connectivity index (χ4v) is 3.45. The lowest BCUT2D eigenvalue weighted by atomic mass is 10.1. The molecule has 10 heteroatoms. The molecule has 0 spiro atoms. The highest BCUT2D eigenvalue weighted by atomic mass is 35.5. The largest absolute Gasteiger partial charge is 0.444 e. The summed E-state index contributed by atoms with van der Waals surface area (Å²) in [6, 6.07) is 11.4. The zero-order valence-corrected chi connectivity index (χ0v) is 22.1. The average Bonchev–Trinajstić information content (AvgIpc) is 2.74. The number of fused-ring (bicyclic) bond motifs is 1. The van der Waals surface area contributed by atoms with Crippen LogP contribution in [0.25, 0.3) is 22.2 Å². The minimum absolute atomic E-state index is 0.0418. The molecule has 0 aliphatic carbocycles. The maximum absolute atomic E-state index is 13.2. The van der Waals surface area contributed by atoms with Crippen LogP contribution in [-0.4, -0.2) is 45.8 Å². The summed E-state index contributed by atoms with van der Waals surface area (Å²) in [4.78, 5) is 34.2. The number of nitrogens with one attached hydrogen (secondary N) is 2. The Morgan fingerprint density at radius 3 is 2.42 bits per heavy atom. The number of hydrogen-bond donors (Lipinski definition) is 3. The van der Waals surface area contributed by atoms with E-state index < -0.39 is 29.2 Å². The second-order valence-corrected chi connectivity index (χ2v) is 10.7. The summed E-state index contributed by atoms with van der Waals surface area (Å²) in [5.74, 6) is -0.340. The average molecular weight is 514 g/mol. The highest BCUT2D eigenvalue weighted by molar-refractivity contribution is 6.31. The lowest BCUT2D eigenvalue weighted by molar-refractivity contribution is -0.121. The van der Waals surface area contributed by atoms with Gasteiger partial charge in [0.05, 0.1) is 23.4 Å². The first-order valence-electron chi connectivity index (χ1n) is 11.5. The van der Waals surface area contributed by atoms with Gasteiger partial charge in [-0.15, -0.1) is 0 Å². The number of nitrogens with zero attached hydrogens (tertiary/aromatic N) is 2. The van der Waals surface area contributed by atoms with Crippen molar-refractivity contribution in [3.63, 3.8) is 0 Å². The minimum atomic E-state index is -0.989. The molecule has 0 aliphatic rings. The van der Waals surface area contributed by atoms with Crippen LogP contribution in [0.1, 0.15) is 41.5 Å². The lowest BCUT2D eigenvalue weighted by Crippen LogP contribution is -2.49. The summed E-state index contributed by atoms with van der Waals surface area (Å²) in [6.45, 7) is 10.8. The Hall–Kier alpha value is -3.43. The van der Waals surface area contributed by atoms with Crippen molar-refractivity contribution in [3.8, 4) is 11.3 Å². The maximum atomic E-state index is 13.2. The van der Waals surface area contributed by atoms with Crippen molar-refractivity contribution in [2.24, 2.45) is 0 Å². The highest BCUT2D eigenvalue weighted by Crippen LogP contribution is 2.30. The topological polar surface area (TPSA) is 128 Å².